The van der Waals surface area contributed by atoms with Crippen molar-refractivity contribution >= 4 is 11.6 Å². The molecule has 0 atom stereocenters. The van der Waals surface area contributed by atoms with Crippen LogP contribution in [0, 0.1) is 0 Å². The molecule has 0 aromatic carbocycles. The van der Waals surface area contributed by atoms with E-state index in [1.165, 1.54) is 12.8 Å². The highest BCUT2D eigenvalue weighted by molar-refractivity contribution is 5.50. The SMILES string of the molecule is CNc1cc(N2CCN(C3CC3)CC2)nc(C(C)(C)C)n1. The Morgan fingerprint density at radius 1 is 1.10 bits per heavy atom. The minimum Gasteiger partial charge on any atom is -0.373 e. The molecule has 5 heteroatoms. The second-order valence-electron chi connectivity index (χ2n) is 7.19. The van der Waals surface area contributed by atoms with E-state index in [9.17, 15) is 0 Å². The lowest BCUT2D eigenvalue weighted by atomic mass is 9.96. The molecule has 2 fully saturated rings. The first kappa shape index (κ1) is 14.6. The molecule has 1 aliphatic carbocycles. The van der Waals surface area contributed by atoms with Crippen LogP contribution in [0.25, 0.3) is 0 Å². The first-order valence-electron chi connectivity index (χ1n) is 8.03. The van der Waals surface area contributed by atoms with Crippen molar-refractivity contribution in [1.29, 1.82) is 0 Å². The van der Waals surface area contributed by atoms with Crippen molar-refractivity contribution in [3.63, 3.8) is 0 Å². The number of aromatic nitrogens is 2. The van der Waals surface area contributed by atoms with Gasteiger partial charge in [-0.2, -0.15) is 0 Å². The van der Waals surface area contributed by atoms with Gasteiger partial charge in [-0.05, 0) is 12.8 Å². The summed E-state index contributed by atoms with van der Waals surface area (Å²) in [5.74, 6) is 2.89. The number of nitrogens with zero attached hydrogens (tertiary/aromatic N) is 4. The van der Waals surface area contributed by atoms with Gasteiger partial charge in [-0.1, -0.05) is 20.8 Å². The van der Waals surface area contributed by atoms with Gasteiger partial charge < -0.3 is 10.2 Å². The molecule has 21 heavy (non-hydrogen) atoms. The number of anilines is 2. The van der Waals surface area contributed by atoms with Crippen LogP contribution in [0.4, 0.5) is 11.6 Å². The lowest BCUT2D eigenvalue weighted by molar-refractivity contribution is 0.247. The lowest BCUT2D eigenvalue weighted by Crippen LogP contribution is -2.47. The van der Waals surface area contributed by atoms with Gasteiger partial charge in [0, 0.05) is 50.7 Å². The van der Waals surface area contributed by atoms with Crippen LogP contribution in [0.15, 0.2) is 6.07 Å². The summed E-state index contributed by atoms with van der Waals surface area (Å²) in [6.45, 7) is 11.0. The van der Waals surface area contributed by atoms with Crippen LogP contribution >= 0.6 is 0 Å². The summed E-state index contributed by atoms with van der Waals surface area (Å²) in [7, 11) is 1.92. The predicted octanol–water partition coefficient (Wildman–Crippen LogP) is 2.10. The topological polar surface area (TPSA) is 44.3 Å². The normalized spacial score (nSPS) is 20.7. The second kappa shape index (κ2) is 5.44. The lowest BCUT2D eigenvalue weighted by Gasteiger charge is -2.36. The Morgan fingerprint density at radius 3 is 2.29 bits per heavy atom. The Balaban J connectivity index is 1.78. The summed E-state index contributed by atoms with van der Waals surface area (Å²) in [4.78, 5) is 14.5. The van der Waals surface area contributed by atoms with Gasteiger partial charge in [-0.25, -0.2) is 9.97 Å². The Bertz CT molecular complexity index is 496. The minimum absolute atomic E-state index is 0.0303. The van der Waals surface area contributed by atoms with Gasteiger partial charge in [0.15, 0.2) is 0 Å². The van der Waals surface area contributed by atoms with Gasteiger partial charge in [-0.3, -0.25) is 4.90 Å². The summed E-state index contributed by atoms with van der Waals surface area (Å²) in [5, 5.41) is 3.17. The van der Waals surface area contributed by atoms with Crippen molar-refractivity contribution < 1.29 is 0 Å². The number of rotatable bonds is 3. The molecule has 1 N–H and O–H groups in total. The summed E-state index contributed by atoms with van der Waals surface area (Å²) < 4.78 is 0. The first-order chi connectivity index (χ1) is 9.97. The maximum absolute atomic E-state index is 4.82. The zero-order valence-electron chi connectivity index (χ0n) is 13.7. The van der Waals surface area contributed by atoms with Gasteiger partial charge in [0.1, 0.15) is 17.5 Å². The molecule has 3 rings (SSSR count). The van der Waals surface area contributed by atoms with Crippen LogP contribution in [-0.2, 0) is 5.41 Å². The molecular weight excluding hydrogens is 262 g/mol. The first-order valence-corrected chi connectivity index (χ1v) is 8.03. The third-order valence-electron chi connectivity index (χ3n) is 4.34. The molecule has 0 bridgehead atoms. The van der Waals surface area contributed by atoms with E-state index in [2.05, 4.69) is 46.9 Å². The molecule has 1 saturated heterocycles. The summed E-state index contributed by atoms with van der Waals surface area (Å²) >= 11 is 0. The van der Waals surface area contributed by atoms with Crippen LogP contribution < -0.4 is 10.2 Å². The third-order valence-corrected chi connectivity index (χ3v) is 4.34. The maximum atomic E-state index is 4.82. The number of piperazine rings is 1. The van der Waals surface area contributed by atoms with Crippen molar-refractivity contribution in [2.75, 3.05) is 43.4 Å². The van der Waals surface area contributed by atoms with Crippen molar-refractivity contribution in [1.82, 2.24) is 14.9 Å². The molecule has 1 saturated carbocycles. The average Bonchev–Trinajstić information content (AvgIpc) is 3.30. The minimum atomic E-state index is -0.0303. The number of hydrogen-bond donors (Lipinski definition) is 1. The standard InChI is InChI=1S/C16H27N5/c1-16(2,3)15-18-13(17-4)11-14(19-15)21-9-7-20(8-10-21)12-5-6-12/h11-12H,5-10H2,1-4H3,(H,17,18,19). The Hall–Kier alpha value is -1.36. The van der Waals surface area contributed by atoms with E-state index in [0.29, 0.717) is 0 Å². The van der Waals surface area contributed by atoms with Gasteiger partial charge >= 0.3 is 0 Å². The smallest absolute Gasteiger partial charge is 0.138 e. The molecule has 116 valence electrons. The van der Waals surface area contributed by atoms with Gasteiger partial charge in [0.05, 0.1) is 0 Å². The van der Waals surface area contributed by atoms with Crippen LogP contribution in [0.3, 0.4) is 0 Å². The fourth-order valence-corrected chi connectivity index (χ4v) is 2.82. The van der Waals surface area contributed by atoms with E-state index >= 15 is 0 Å². The average molecular weight is 289 g/mol. The highest BCUT2D eigenvalue weighted by atomic mass is 15.3. The molecule has 2 heterocycles. The Kier molecular flexibility index (Phi) is 3.78. The molecular formula is C16H27N5. The van der Waals surface area contributed by atoms with E-state index < -0.39 is 0 Å². The molecule has 2 aliphatic rings. The number of hydrogen-bond acceptors (Lipinski definition) is 5. The number of nitrogens with one attached hydrogen (secondary N) is 1. The highest BCUT2D eigenvalue weighted by Gasteiger charge is 2.31. The Morgan fingerprint density at radius 2 is 1.76 bits per heavy atom. The van der Waals surface area contributed by atoms with E-state index in [1.807, 2.05) is 7.05 Å². The largest absolute Gasteiger partial charge is 0.373 e. The Labute approximate surface area is 127 Å². The zero-order valence-corrected chi connectivity index (χ0v) is 13.7. The maximum Gasteiger partial charge on any atom is 0.138 e. The zero-order chi connectivity index (χ0) is 15.0. The molecule has 1 aliphatic heterocycles. The molecule has 5 nitrogen and oxygen atoms in total. The van der Waals surface area contributed by atoms with Gasteiger partial charge in [0.25, 0.3) is 0 Å². The van der Waals surface area contributed by atoms with Crippen LogP contribution in [-0.4, -0.2) is 54.1 Å². The summed E-state index contributed by atoms with van der Waals surface area (Å²) in [6.07, 6.45) is 2.79. The fraction of sp³-hybridized carbons (Fsp3) is 0.750. The van der Waals surface area contributed by atoms with E-state index in [0.717, 1.165) is 49.7 Å². The van der Waals surface area contributed by atoms with E-state index in [4.69, 9.17) is 4.98 Å². The molecule has 0 radical (unpaired) electrons. The van der Waals surface area contributed by atoms with Crippen molar-refractivity contribution in [2.45, 2.75) is 45.1 Å². The fourth-order valence-electron chi connectivity index (χ4n) is 2.82. The van der Waals surface area contributed by atoms with Crippen LogP contribution in [0.5, 0.6) is 0 Å². The highest BCUT2D eigenvalue weighted by Crippen LogP contribution is 2.29. The van der Waals surface area contributed by atoms with Crippen molar-refractivity contribution in [3.05, 3.63) is 11.9 Å². The summed E-state index contributed by atoms with van der Waals surface area (Å²) in [6, 6.07) is 2.94. The van der Waals surface area contributed by atoms with Crippen LogP contribution in [0.2, 0.25) is 0 Å². The van der Waals surface area contributed by atoms with E-state index in [-0.39, 0.29) is 5.41 Å². The third kappa shape index (κ3) is 3.28. The summed E-state index contributed by atoms with van der Waals surface area (Å²) in [5.41, 5.74) is -0.0303. The molecule has 1 aromatic rings. The molecule has 0 amide bonds. The van der Waals surface area contributed by atoms with Gasteiger partial charge in [0.2, 0.25) is 0 Å². The van der Waals surface area contributed by atoms with Gasteiger partial charge in [-0.15, -0.1) is 0 Å². The van der Waals surface area contributed by atoms with Crippen molar-refractivity contribution in [3.8, 4) is 0 Å². The monoisotopic (exact) mass is 289 g/mol. The molecule has 0 spiro atoms. The molecule has 0 unspecified atom stereocenters. The quantitative estimate of drug-likeness (QED) is 0.923. The second-order valence-corrected chi connectivity index (χ2v) is 7.19. The molecule has 1 aromatic heterocycles. The van der Waals surface area contributed by atoms with E-state index in [1.54, 1.807) is 0 Å². The van der Waals surface area contributed by atoms with Crippen LogP contribution in [0.1, 0.15) is 39.4 Å². The van der Waals surface area contributed by atoms with Crippen molar-refractivity contribution in [2.24, 2.45) is 0 Å². The predicted molar refractivity (Wildman–Crippen MR) is 87.1 cm³/mol.